The van der Waals surface area contributed by atoms with Crippen LogP contribution < -0.4 is 5.32 Å². The number of nitrogens with zero attached hydrogens (tertiary/aromatic N) is 1. The van der Waals surface area contributed by atoms with Gasteiger partial charge in [0, 0.05) is 25.6 Å². The number of ether oxygens (including phenoxy) is 1. The number of H-pyrrole nitrogens is 1. The predicted octanol–water partition coefficient (Wildman–Crippen LogP) is 0.926. The largest absolute Gasteiger partial charge is 0.382 e. The van der Waals surface area contributed by atoms with Gasteiger partial charge in [0.15, 0.2) is 0 Å². The lowest BCUT2D eigenvalue weighted by Crippen LogP contribution is -2.17. The third-order valence-corrected chi connectivity index (χ3v) is 1.69. The molecular weight excluding hydrogens is 166 g/mol. The molecular formula is C9H17N3O. The van der Waals surface area contributed by atoms with Gasteiger partial charge in [-0.3, -0.25) is 0 Å². The first-order chi connectivity index (χ1) is 6.43. The number of hydrogen-bond donors (Lipinski definition) is 2. The van der Waals surface area contributed by atoms with E-state index in [2.05, 4.69) is 15.3 Å². The van der Waals surface area contributed by atoms with Gasteiger partial charge in [0.2, 0.25) is 0 Å². The number of nitrogens with one attached hydrogen (secondary N) is 2. The van der Waals surface area contributed by atoms with Crippen molar-refractivity contribution in [2.45, 2.75) is 19.9 Å². The third-order valence-electron chi connectivity index (χ3n) is 1.69. The van der Waals surface area contributed by atoms with Crippen LogP contribution in [-0.4, -0.2) is 29.7 Å². The van der Waals surface area contributed by atoms with Crippen LogP contribution in [0.4, 0.5) is 0 Å². The van der Waals surface area contributed by atoms with Crippen LogP contribution in [0.25, 0.3) is 0 Å². The van der Waals surface area contributed by atoms with Gasteiger partial charge in [-0.05, 0) is 19.9 Å². The molecule has 0 saturated heterocycles. The third kappa shape index (κ3) is 4.65. The van der Waals surface area contributed by atoms with Gasteiger partial charge in [-0.15, -0.1) is 0 Å². The van der Waals surface area contributed by atoms with Gasteiger partial charge in [0.1, 0.15) is 5.82 Å². The van der Waals surface area contributed by atoms with Crippen molar-refractivity contribution in [2.24, 2.45) is 0 Å². The minimum atomic E-state index is 0.804. The van der Waals surface area contributed by atoms with Crippen LogP contribution in [0.3, 0.4) is 0 Å². The average molecular weight is 183 g/mol. The number of aromatic nitrogens is 2. The quantitative estimate of drug-likeness (QED) is 0.618. The highest BCUT2D eigenvalue weighted by atomic mass is 16.5. The molecule has 1 rings (SSSR count). The van der Waals surface area contributed by atoms with Gasteiger partial charge in [-0.1, -0.05) is 0 Å². The second kappa shape index (κ2) is 6.62. The second-order valence-electron chi connectivity index (χ2n) is 2.76. The van der Waals surface area contributed by atoms with Gasteiger partial charge < -0.3 is 15.0 Å². The summed E-state index contributed by atoms with van der Waals surface area (Å²) in [6.45, 7) is 5.43. The van der Waals surface area contributed by atoms with Crippen molar-refractivity contribution in [1.82, 2.24) is 15.3 Å². The standard InChI is InChI=1S/C9H17N3O/c1-2-13-7-3-4-10-8-9-11-5-6-12-9/h5-6,10H,2-4,7-8H2,1H3,(H,11,12). The first-order valence-corrected chi connectivity index (χ1v) is 4.70. The van der Waals surface area contributed by atoms with Crippen LogP contribution in [0, 0.1) is 0 Å². The maximum Gasteiger partial charge on any atom is 0.120 e. The molecule has 4 heteroatoms. The van der Waals surface area contributed by atoms with Crippen LogP contribution in [-0.2, 0) is 11.3 Å². The zero-order chi connectivity index (χ0) is 9.36. The zero-order valence-electron chi connectivity index (χ0n) is 8.05. The van der Waals surface area contributed by atoms with Crippen molar-refractivity contribution in [1.29, 1.82) is 0 Å². The summed E-state index contributed by atoms with van der Waals surface area (Å²) in [5.41, 5.74) is 0. The van der Waals surface area contributed by atoms with E-state index in [0.717, 1.165) is 38.5 Å². The van der Waals surface area contributed by atoms with Gasteiger partial charge >= 0.3 is 0 Å². The summed E-state index contributed by atoms with van der Waals surface area (Å²) in [6, 6.07) is 0. The molecule has 4 nitrogen and oxygen atoms in total. The van der Waals surface area contributed by atoms with Crippen LogP contribution >= 0.6 is 0 Å². The first-order valence-electron chi connectivity index (χ1n) is 4.70. The Morgan fingerprint density at radius 2 is 2.54 bits per heavy atom. The summed E-state index contributed by atoms with van der Waals surface area (Å²) in [7, 11) is 0. The Morgan fingerprint density at radius 3 is 3.23 bits per heavy atom. The van der Waals surface area contributed by atoms with E-state index >= 15 is 0 Å². The molecule has 0 atom stereocenters. The number of rotatable bonds is 7. The lowest BCUT2D eigenvalue weighted by molar-refractivity contribution is 0.144. The molecule has 13 heavy (non-hydrogen) atoms. The molecule has 1 heterocycles. The van der Waals surface area contributed by atoms with E-state index in [1.54, 1.807) is 6.20 Å². The minimum absolute atomic E-state index is 0.804. The molecule has 1 aromatic rings. The Kier molecular flexibility index (Phi) is 5.20. The van der Waals surface area contributed by atoms with Crippen LogP contribution in [0.2, 0.25) is 0 Å². The first kappa shape index (κ1) is 10.2. The van der Waals surface area contributed by atoms with E-state index in [1.807, 2.05) is 13.1 Å². The van der Waals surface area contributed by atoms with E-state index in [0.29, 0.717) is 0 Å². The zero-order valence-corrected chi connectivity index (χ0v) is 8.05. The maximum absolute atomic E-state index is 5.21. The summed E-state index contributed by atoms with van der Waals surface area (Å²) in [6.07, 6.45) is 4.64. The summed E-state index contributed by atoms with van der Waals surface area (Å²) < 4.78 is 5.21. The van der Waals surface area contributed by atoms with Crippen molar-refractivity contribution in [3.05, 3.63) is 18.2 Å². The SMILES string of the molecule is CCOCCCNCc1ncc[nH]1. The monoisotopic (exact) mass is 183 g/mol. The van der Waals surface area contributed by atoms with E-state index in [9.17, 15) is 0 Å². The fraction of sp³-hybridized carbons (Fsp3) is 0.667. The minimum Gasteiger partial charge on any atom is -0.382 e. The maximum atomic E-state index is 5.21. The van der Waals surface area contributed by atoms with E-state index in [1.165, 1.54) is 0 Å². The Morgan fingerprint density at radius 1 is 1.62 bits per heavy atom. The van der Waals surface area contributed by atoms with Gasteiger partial charge in [-0.25, -0.2) is 4.98 Å². The van der Waals surface area contributed by atoms with E-state index < -0.39 is 0 Å². The molecule has 0 saturated carbocycles. The fourth-order valence-electron chi connectivity index (χ4n) is 1.05. The van der Waals surface area contributed by atoms with Crippen molar-refractivity contribution in [3.8, 4) is 0 Å². The van der Waals surface area contributed by atoms with Gasteiger partial charge in [0.25, 0.3) is 0 Å². The van der Waals surface area contributed by atoms with Gasteiger partial charge in [0.05, 0.1) is 6.54 Å². The summed E-state index contributed by atoms with van der Waals surface area (Å²) in [5, 5.41) is 3.27. The van der Waals surface area contributed by atoms with Gasteiger partial charge in [-0.2, -0.15) is 0 Å². The number of hydrogen-bond acceptors (Lipinski definition) is 3. The summed E-state index contributed by atoms with van der Waals surface area (Å²) in [4.78, 5) is 7.14. The molecule has 2 N–H and O–H groups in total. The van der Waals surface area contributed by atoms with Crippen molar-refractivity contribution >= 4 is 0 Å². The molecule has 0 aliphatic carbocycles. The molecule has 1 aromatic heterocycles. The molecule has 0 aliphatic heterocycles. The predicted molar refractivity (Wildman–Crippen MR) is 51.4 cm³/mol. The summed E-state index contributed by atoms with van der Waals surface area (Å²) >= 11 is 0. The highest BCUT2D eigenvalue weighted by Crippen LogP contribution is 1.87. The average Bonchev–Trinajstić information content (AvgIpc) is 2.63. The highest BCUT2D eigenvalue weighted by Gasteiger charge is 1.92. The Hall–Kier alpha value is -0.870. The number of imidazole rings is 1. The Balaban J connectivity index is 1.90. The lowest BCUT2D eigenvalue weighted by Gasteiger charge is -2.02. The number of aromatic amines is 1. The smallest absolute Gasteiger partial charge is 0.120 e. The van der Waals surface area contributed by atoms with E-state index in [4.69, 9.17) is 4.74 Å². The molecule has 0 radical (unpaired) electrons. The van der Waals surface area contributed by atoms with Crippen LogP contribution in [0.1, 0.15) is 19.2 Å². The Labute approximate surface area is 78.7 Å². The Bertz CT molecular complexity index is 199. The normalized spacial score (nSPS) is 10.5. The molecule has 0 aromatic carbocycles. The second-order valence-corrected chi connectivity index (χ2v) is 2.76. The van der Waals surface area contributed by atoms with Crippen LogP contribution in [0.15, 0.2) is 12.4 Å². The molecule has 0 unspecified atom stereocenters. The molecule has 0 aliphatic rings. The molecule has 0 fully saturated rings. The van der Waals surface area contributed by atoms with Crippen LogP contribution in [0.5, 0.6) is 0 Å². The molecule has 74 valence electrons. The highest BCUT2D eigenvalue weighted by molar-refractivity contribution is 4.85. The van der Waals surface area contributed by atoms with Crippen molar-refractivity contribution < 1.29 is 4.74 Å². The molecule has 0 spiro atoms. The molecule has 0 amide bonds. The lowest BCUT2D eigenvalue weighted by atomic mass is 10.4. The molecule has 0 bridgehead atoms. The topological polar surface area (TPSA) is 49.9 Å². The fourth-order valence-corrected chi connectivity index (χ4v) is 1.05. The summed E-state index contributed by atoms with van der Waals surface area (Å²) in [5.74, 6) is 0.983. The van der Waals surface area contributed by atoms with E-state index in [-0.39, 0.29) is 0 Å². The van der Waals surface area contributed by atoms with Crippen molar-refractivity contribution in [3.63, 3.8) is 0 Å². The van der Waals surface area contributed by atoms with Crippen molar-refractivity contribution in [2.75, 3.05) is 19.8 Å².